The van der Waals surface area contributed by atoms with E-state index in [0.29, 0.717) is 16.3 Å². The van der Waals surface area contributed by atoms with Gasteiger partial charge in [-0.3, -0.25) is 4.79 Å². The van der Waals surface area contributed by atoms with Crippen LogP contribution < -0.4 is 10.1 Å². The van der Waals surface area contributed by atoms with Crippen molar-refractivity contribution in [2.24, 2.45) is 5.92 Å². The third-order valence-electron chi connectivity index (χ3n) is 4.39. The summed E-state index contributed by atoms with van der Waals surface area (Å²) in [6.07, 6.45) is 2.01. The van der Waals surface area contributed by atoms with Crippen LogP contribution >= 0.6 is 11.6 Å². The van der Waals surface area contributed by atoms with Gasteiger partial charge in [-0.1, -0.05) is 11.6 Å². The molecule has 4 nitrogen and oxygen atoms in total. The molecule has 2 aliphatic rings. The number of rotatable bonds is 3. The van der Waals surface area contributed by atoms with Crippen molar-refractivity contribution in [3.8, 4) is 5.75 Å². The number of methoxy groups -OCH3 is 1. The maximum Gasteiger partial charge on any atom is 0.256 e. The predicted octanol–water partition coefficient (Wildman–Crippen LogP) is 3.22. The van der Waals surface area contributed by atoms with Gasteiger partial charge in [0, 0.05) is 0 Å². The molecule has 1 amide bonds. The van der Waals surface area contributed by atoms with E-state index >= 15 is 0 Å². The highest BCUT2D eigenvalue weighted by Gasteiger charge is 2.52. The molecule has 1 fully saturated rings. The fourth-order valence-corrected chi connectivity index (χ4v) is 3.39. The molecule has 0 spiro atoms. The number of aryl methyl sites for hydroxylation is 1. The van der Waals surface area contributed by atoms with Crippen LogP contribution in [0.1, 0.15) is 30.9 Å². The first-order valence-corrected chi connectivity index (χ1v) is 7.37. The highest BCUT2D eigenvalue weighted by molar-refractivity contribution is 6.36. The zero-order valence-electron chi connectivity index (χ0n) is 12.3. The normalized spacial score (nSPS) is 25.2. The van der Waals surface area contributed by atoms with Crippen molar-refractivity contribution in [3.63, 3.8) is 0 Å². The van der Waals surface area contributed by atoms with Crippen LogP contribution in [0.4, 0.5) is 0 Å². The lowest BCUT2D eigenvalue weighted by molar-refractivity contribution is -0.116. The molecule has 1 aromatic rings. The molecular weight excluding hydrogens is 290 g/mol. The van der Waals surface area contributed by atoms with Gasteiger partial charge in [-0.25, -0.2) is 0 Å². The Kier molecular flexibility index (Phi) is 3.17. The number of hydrogen-bond donors (Lipinski definition) is 2. The summed E-state index contributed by atoms with van der Waals surface area (Å²) in [6.45, 7) is 3.76. The van der Waals surface area contributed by atoms with Gasteiger partial charge in [0.2, 0.25) is 0 Å². The van der Waals surface area contributed by atoms with Crippen molar-refractivity contribution >= 4 is 23.1 Å². The first-order chi connectivity index (χ1) is 9.88. The number of ether oxygens (including phenoxy) is 1. The summed E-state index contributed by atoms with van der Waals surface area (Å²) < 4.78 is 5.35. The molecule has 0 bridgehead atoms. The zero-order chi connectivity index (χ0) is 15.4. The van der Waals surface area contributed by atoms with Crippen LogP contribution in [0, 0.1) is 12.8 Å². The molecule has 1 aliphatic carbocycles. The van der Waals surface area contributed by atoms with Crippen molar-refractivity contribution in [1.29, 1.82) is 0 Å². The number of aliphatic hydroxyl groups excluding tert-OH is 1. The van der Waals surface area contributed by atoms with Crippen LogP contribution in [0.15, 0.2) is 17.9 Å². The minimum atomic E-state index is -0.689. The number of nitrogens with one attached hydrogen (secondary N) is 1. The number of aliphatic hydroxyl groups is 1. The van der Waals surface area contributed by atoms with Gasteiger partial charge >= 0.3 is 0 Å². The van der Waals surface area contributed by atoms with E-state index in [0.717, 1.165) is 18.4 Å². The Morgan fingerprint density at radius 2 is 2.10 bits per heavy atom. The molecule has 1 aliphatic heterocycles. The Labute approximate surface area is 128 Å². The molecule has 1 aromatic carbocycles. The van der Waals surface area contributed by atoms with Crippen LogP contribution in [0.3, 0.4) is 0 Å². The van der Waals surface area contributed by atoms with Crippen molar-refractivity contribution in [2.75, 3.05) is 7.11 Å². The Bertz CT molecular complexity index is 664. The quantitative estimate of drug-likeness (QED) is 0.901. The predicted molar refractivity (Wildman–Crippen MR) is 81.6 cm³/mol. The maximum absolute atomic E-state index is 12.4. The van der Waals surface area contributed by atoms with Gasteiger partial charge in [-0.05, 0) is 50.3 Å². The average Bonchev–Trinajstić information content (AvgIpc) is 3.22. The monoisotopic (exact) mass is 307 g/mol. The number of halogens is 1. The van der Waals surface area contributed by atoms with Gasteiger partial charge < -0.3 is 15.2 Å². The second-order valence-electron chi connectivity index (χ2n) is 5.98. The summed E-state index contributed by atoms with van der Waals surface area (Å²) in [4.78, 5) is 12.4. The maximum atomic E-state index is 12.4. The summed E-state index contributed by atoms with van der Waals surface area (Å²) in [7, 11) is 1.53. The Hall–Kier alpha value is -1.68. The van der Waals surface area contributed by atoms with E-state index in [1.54, 1.807) is 6.07 Å². The molecule has 112 valence electrons. The van der Waals surface area contributed by atoms with Crippen molar-refractivity contribution in [3.05, 3.63) is 34.0 Å². The van der Waals surface area contributed by atoms with E-state index in [9.17, 15) is 9.90 Å². The molecule has 1 heterocycles. The minimum absolute atomic E-state index is 0.0686. The van der Waals surface area contributed by atoms with Gasteiger partial charge in [-0.15, -0.1) is 0 Å². The lowest BCUT2D eigenvalue weighted by Gasteiger charge is -2.24. The van der Waals surface area contributed by atoms with Crippen LogP contribution in [-0.2, 0) is 4.79 Å². The summed E-state index contributed by atoms with van der Waals surface area (Å²) in [6, 6.07) is 3.57. The molecule has 1 saturated carbocycles. The van der Waals surface area contributed by atoms with E-state index in [1.807, 2.05) is 19.9 Å². The molecule has 1 atom stereocenters. The Morgan fingerprint density at radius 1 is 1.43 bits per heavy atom. The van der Waals surface area contributed by atoms with E-state index in [-0.39, 0.29) is 23.2 Å². The number of hydrogen-bond acceptors (Lipinski definition) is 3. The van der Waals surface area contributed by atoms with Crippen LogP contribution in [0.5, 0.6) is 5.75 Å². The van der Waals surface area contributed by atoms with Crippen LogP contribution in [0.2, 0.25) is 5.02 Å². The second kappa shape index (κ2) is 4.67. The summed E-state index contributed by atoms with van der Waals surface area (Å²) in [5.74, 6) is 0.552. The topological polar surface area (TPSA) is 58.6 Å². The van der Waals surface area contributed by atoms with Gasteiger partial charge in [0.25, 0.3) is 5.91 Å². The van der Waals surface area contributed by atoms with Crippen molar-refractivity contribution in [2.45, 2.75) is 32.2 Å². The van der Waals surface area contributed by atoms with E-state index in [2.05, 4.69) is 5.32 Å². The number of carbonyl (C=O) groups excluding carboxylic acids is 1. The highest BCUT2D eigenvalue weighted by Crippen LogP contribution is 2.49. The fraction of sp³-hybridized carbons (Fsp3) is 0.438. The molecule has 0 aromatic heterocycles. The van der Waals surface area contributed by atoms with E-state index < -0.39 is 5.54 Å². The highest BCUT2D eigenvalue weighted by atomic mass is 35.5. The standard InChI is InChI=1S/C16H18ClNO3/c1-8-6-10(17)12(11(7-8)21-3)13-14(19)16(2,9-4-5-9)18-15(13)20/h6-7,9,19H,4-5H2,1-3H3,(H,18,20). The smallest absolute Gasteiger partial charge is 0.256 e. The number of benzene rings is 1. The first kappa shape index (κ1) is 14.3. The number of amides is 1. The van der Waals surface area contributed by atoms with Crippen LogP contribution in [-0.4, -0.2) is 23.7 Å². The molecule has 21 heavy (non-hydrogen) atoms. The zero-order valence-corrected chi connectivity index (χ0v) is 13.0. The minimum Gasteiger partial charge on any atom is -0.509 e. The largest absolute Gasteiger partial charge is 0.509 e. The second-order valence-corrected chi connectivity index (χ2v) is 6.39. The molecule has 3 rings (SSSR count). The molecule has 5 heteroatoms. The first-order valence-electron chi connectivity index (χ1n) is 6.99. The van der Waals surface area contributed by atoms with Gasteiger partial charge in [0.15, 0.2) is 0 Å². The van der Waals surface area contributed by atoms with E-state index in [4.69, 9.17) is 16.3 Å². The third kappa shape index (κ3) is 2.09. The van der Waals surface area contributed by atoms with Crippen molar-refractivity contribution < 1.29 is 14.6 Å². The molecular formula is C16H18ClNO3. The fourth-order valence-electron chi connectivity index (χ4n) is 3.03. The summed E-state index contributed by atoms with van der Waals surface area (Å²) in [5, 5.41) is 14.0. The van der Waals surface area contributed by atoms with E-state index in [1.165, 1.54) is 7.11 Å². The molecule has 0 saturated heterocycles. The van der Waals surface area contributed by atoms with Crippen molar-refractivity contribution in [1.82, 2.24) is 5.32 Å². The van der Waals surface area contributed by atoms with Gasteiger partial charge in [-0.2, -0.15) is 0 Å². The van der Waals surface area contributed by atoms with Crippen LogP contribution in [0.25, 0.3) is 5.57 Å². The summed E-state index contributed by atoms with van der Waals surface area (Å²) >= 11 is 6.31. The molecule has 0 radical (unpaired) electrons. The Balaban J connectivity index is 2.20. The lowest BCUT2D eigenvalue weighted by Crippen LogP contribution is -2.43. The number of carbonyl (C=O) groups is 1. The Morgan fingerprint density at radius 3 is 2.67 bits per heavy atom. The molecule has 1 unspecified atom stereocenters. The average molecular weight is 308 g/mol. The third-order valence-corrected chi connectivity index (χ3v) is 4.69. The lowest BCUT2D eigenvalue weighted by atomic mass is 9.92. The van der Waals surface area contributed by atoms with Gasteiger partial charge in [0.05, 0.1) is 28.8 Å². The molecule has 2 N–H and O–H groups in total. The van der Waals surface area contributed by atoms with Gasteiger partial charge in [0.1, 0.15) is 11.5 Å². The summed E-state index contributed by atoms with van der Waals surface area (Å²) in [5.41, 5.74) is 0.936. The SMILES string of the molecule is COc1cc(C)cc(Cl)c1C1=C(O)C(C)(C2CC2)NC1=O.